The highest BCUT2D eigenvalue weighted by Crippen LogP contribution is 2.27. The first-order chi connectivity index (χ1) is 18.2. The highest BCUT2D eigenvalue weighted by atomic mass is 32.2. The predicted octanol–water partition coefficient (Wildman–Crippen LogP) is 3.97. The largest absolute Gasteiger partial charge is 0.497 e. The van der Waals surface area contributed by atoms with Crippen LogP contribution in [0.3, 0.4) is 0 Å². The molecule has 0 bridgehead atoms. The average Bonchev–Trinajstić information content (AvgIpc) is 2.93. The third-order valence-corrected chi connectivity index (χ3v) is 7.75. The number of para-hydroxylation sites is 1. The molecule has 0 saturated heterocycles. The summed E-state index contributed by atoms with van der Waals surface area (Å²) in [6.45, 7) is 3.24. The number of carbonyl (C=O) groups is 2. The Labute approximate surface area is 223 Å². The van der Waals surface area contributed by atoms with Crippen LogP contribution >= 0.6 is 0 Å². The SMILES string of the molecule is CCNC(=O)[C@H](CC)N(Cc1ccc(OC)cc1)C(=O)CN(c1ccccc1F)S(=O)(=O)c1ccccc1. The van der Waals surface area contributed by atoms with E-state index in [2.05, 4.69) is 5.32 Å². The van der Waals surface area contributed by atoms with Crippen molar-refractivity contribution in [2.24, 2.45) is 0 Å². The number of anilines is 1. The minimum Gasteiger partial charge on any atom is -0.497 e. The number of methoxy groups -OCH3 is 1. The molecule has 1 N–H and O–H groups in total. The number of likely N-dealkylation sites (N-methyl/N-ethyl adjacent to an activating group) is 1. The molecule has 10 heteroatoms. The van der Waals surface area contributed by atoms with Gasteiger partial charge >= 0.3 is 0 Å². The van der Waals surface area contributed by atoms with Gasteiger partial charge in [-0.1, -0.05) is 49.4 Å². The summed E-state index contributed by atoms with van der Waals surface area (Å²) in [6, 6.07) is 19.0. The van der Waals surface area contributed by atoms with Crippen molar-refractivity contribution in [2.75, 3.05) is 24.5 Å². The predicted molar refractivity (Wildman–Crippen MR) is 144 cm³/mol. The number of halogens is 1. The van der Waals surface area contributed by atoms with Gasteiger partial charge in [-0.25, -0.2) is 12.8 Å². The smallest absolute Gasteiger partial charge is 0.264 e. The van der Waals surface area contributed by atoms with Gasteiger partial charge in [0.25, 0.3) is 10.0 Å². The van der Waals surface area contributed by atoms with E-state index in [-0.39, 0.29) is 23.0 Å². The van der Waals surface area contributed by atoms with Crippen LogP contribution in [0.5, 0.6) is 5.75 Å². The summed E-state index contributed by atoms with van der Waals surface area (Å²) in [5, 5.41) is 2.74. The van der Waals surface area contributed by atoms with Crippen molar-refractivity contribution < 1.29 is 27.1 Å². The molecule has 3 aromatic carbocycles. The highest BCUT2D eigenvalue weighted by Gasteiger charge is 2.34. The van der Waals surface area contributed by atoms with E-state index in [1.165, 1.54) is 42.3 Å². The van der Waals surface area contributed by atoms with E-state index >= 15 is 0 Å². The second-order valence-corrected chi connectivity index (χ2v) is 10.3. The van der Waals surface area contributed by atoms with Gasteiger partial charge in [-0.15, -0.1) is 0 Å². The molecule has 3 aromatic rings. The van der Waals surface area contributed by atoms with Crippen molar-refractivity contribution in [3.63, 3.8) is 0 Å². The van der Waals surface area contributed by atoms with Crippen molar-refractivity contribution in [1.82, 2.24) is 10.2 Å². The fraction of sp³-hybridized carbons (Fsp3) is 0.286. The zero-order valence-corrected chi connectivity index (χ0v) is 22.4. The Morgan fingerprint density at radius 3 is 2.16 bits per heavy atom. The minimum absolute atomic E-state index is 0.0367. The molecule has 8 nitrogen and oxygen atoms in total. The third kappa shape index (κ3) is 6.69. The monoisotopic (exact) mass is 541 g/mol. The normalized spacial score (nSPS) is 11.9. The summed E-state index contributed by atoms with van der Waals surface area (Å²) >= 11 is 0. The van der Waals surface area contributed by atoms with E-state index in [1.54, 1.807) is 56.3 Å². The van der Waals surface area contributed by atoms with E-state index in [1.807, 2.05) is 0 Å². The Morgan fingerprint density at radius 2 is 1.58 bits per heavy atom. The highest BCUT2D eigenvalue weighted by molar-refractivity contribution is 7.92. The van der Waals surface area contributed by atoms with Crippen LogP contribution in [0.2, 0.25) is 0 Å². The summed E-state index contributed by atoms with van der Waals surface area (Å²) in [7, 11) is -2.78. The van der Waals surface area contributed by atoms with Crippen LogP contribution < -0.4 is 14.4 Å². The van der Waals surface area contributed by atoms with Crippen LogP contribution in [0.1, 0.15) is 25.8 Å². The molecule has 2 amide bonds. The zero-order chi connectivity index (χ0) is 27.7. The first kappa shape index (κ1) is 28.6. The molecule has 0 unspecified atom stereocenters. The third-order valence-electron chi connectivity index (χ3n) is 5.98. The van der Waals surface area contributed by atoms with Gasteiger partial charge in [0.15, 0.2) is 0 Å². The summed E-state index contributed by atoms with van der Waals surface area (Å²) in [5.74, 6) is -1.18. The number of benzene rings is 3. The Hall–Kier alpha value is -3.92. The standard InChI is InChI=1S/C28H32FN3O5S/c1-4-25(28(34)30-5-2)31(19-21-15-17-22(37-3)18-16-21)27(33)20-32(26-14-10-9-13-24(26)29)38(35,36)23-11-7-6-8-12-23/h6-18,25H,4-5,19-20H2,1-3H3,(H,30,34)/t25-/m0/s1. The van der Waals surface area contributed by atoms with Crippen molar-refractivity contribution in [2.45, 2.75) is 37.8 Å². The molecule has 0 aliphatic carbocycles. The van der Waals surface area contributed by atoms with Crippen LogP contribution in [-0.2, 0) is 26.2 Å². The first-order valence-electron chi connectivity index (χ1n) is 12.2. The van der Waals surface area contributed by atoms with E-state index in [4.69, 9.17) is 4.74 Å². The van der Waals surface area contributed by atoms with Crippen LogP contribution in [0, 0.1) is 5.82 Å². The van der Waals surface area contributed by atoms with Crippen LogP contribution in [-0.4, -0.2) is 51.4 Å². The Balaban J connectivity index is 2.05. The van der Waals surface area contributed by atoms with Crippen molar-refractivity contribution in [3.8, 4) is 5.75 Å². The fourth-order valence-corrected chi connectivity index (χ4v) is 5.47. The van der Waals surface area contributed by atoms with Gasteiger partial charge in [0.05, 0.1) is 17.7 Å². The molecule has 1 atom stereocenters. The molecule has 0 aliphatic heterocycles. The number of nitrogens with zero attached hydrogens (tertiary/aromatic N) is 2. The molecule has 0 heterocycles. The van der Waals surface area contributed by atoms with Crippen molar-refractivity contribution in [3.05, 3.63) is 90.2 Å². The second kappa shape index (κ2) is 13.0. The summed E-state index contributed by atoms with van der Waals surface area (Å²) in [4.78, 5) is 28.0. The first-order valence-corrected chi connectivity index (χ1v) is 13.7. The Morgan fingerprint density at radius 1 is 0.947 bits per heavy atom. The zero-order valence-electron chi connectivity index (χ0n) is 21.6. The number of nitrogens with one attached hydrogen (secondary N) is 1. The topological polar surface area (TPSA) is 96.0 Å². The Bertz CT molecular complexity index is 1330. The maximum absolute atomic E-state index is 14.9. The van der Waals surface area contributed by atoms with Crippen molar-refractivity contribution in [1.29, 1.82) is 0 Å². The number of hydrogen-bond acceptors (Lipinski definition) is 5. The molecular formula is C28H32FN3O5S. The maximum atomic E-state index is 14.9. The number of ether oxygens (including phenoxy) is 1. The van der Waals surface area contributed by atoms with E-state index < -0.39 is 34.3 Å². The maximum Gasteiger partial charge on any atom is 0.264 e. The molecule has 38 heavy (non-hydrogen) atoms. The van der Waals surface area contributed by atoms with Crippen LogP contribution in [0.4, 0.5) is 10.1 Å². The molecular weight excluding hydrogens is 509 g/mol. The number of carbonyl (C=O) groups excluding carboxylic acids is 2. The van der Waals surface area contributed by atoms with Gasteiger partial charge in [-0.05, 0) is 55.3 Å². The van der Waals surface area contributed by atoms with Gasteiger partial charge in [0.1, 0.15) is 24.2 Å². The lowest BCUT2D eigenvalue weighted by molar-refractivity contribution is -0.140. The lowest BCUT2D eigenvalue weighted by Gasteiger charge is -2.33. The van der Waals surface area contributed by atoms with Crippen molar-refractivity contribution >= 4 is 27.5 Å². The van der Waals surface area contributed by atoms with E-state index in [0.717, 1.165) is 10.4 Å². The van der Waals surface area contributed by atoms with E-state index in [9.17, 15) is 22.4 Å². The molecule has 0 spiro atoms. The molecule has 0 aliphatic rings. The Kier molecular flexibility index (Phi) is 9.84. The molecule has 0 radical (unpaired) electrons. The molecule has 0 fully saturated rings. The average molecular weight is 542 g/mol. The van der Waals surface area contributed by atoms with Gasteiger partial charge in [0.2, 0.25) is 11.8 Å². The number of sulfonamides is 1. The van der Waals surface area contributed by atoms with Crippen LogP contribution in [0.25, 0.3) is 0 Å². The number of amides is 2. The van der Waals surface area contributed by atoms with Gasteiger partial charge in [-0.2, -0.15) is 0 Å². The summed E-state index contributed by atoms with van der Waals surface area (Å²) in [6.07, 6.45) is 0.291. The quantitative estimate of drug-likeness (QED) is 0.374. The fourth-order valence-electron chi connectivity index (χ4n) is 4.03. The number of rotatable bonds is 12. The molecule has 0 aromatic heterocycles. The summed E-state index contributed by atoms with van der Waals surface area (Å²) in [5.41, 5.74) is 0.449. The van der Waals surface area contributed by atoms with Crippen LogP contribution in [0.15, 0.2) is 83.8 Å². The molecule has 202 valence electrons. The number of hydrogen-bond donors (Lipinski definition) is 1. The van der Waals surface area contributed by atoms with E-state index in [0.29, 0.717) is 24.3 Å². The lowest BCUT2D eigenvalue weighted by atomic mass is 10.1. The molecule has 3 rings (SSSR count). The molecule has 0 saturated carbocycles. The van der Waals surface area contributed by atoms with Gasteiger partial charge in [0, 0.05) is 13.1 Å². The summed E-state index contributed by atoms with van der Waals surface area (Å²) < 4.78 is 48.1. The van der Waals surface area contributed by atoms with Gasteiger partial charge in [-0.3, -0.25) is 13.9 Å². The lowest BCUT2D eigenvalue weighted by Crippen LogP contribution is -2.52. The second-order valence-electron chi connectivity index (χ2n) is 8.46. The van der Waals surface area contributed by atoms with Gasteiger partial charge < -0.3 is 15.0 Å². The minimum atomic E-state index is -4.32.